The zero-order valence-electron chi connectivity index (χ0n) is 14.2. The molecule has 0 atom stereocenters. The third kappa shape index (κ3) is 3.67. The van der Waals surface area contributed by atoms with Gasteiger partial charge in [0.25, 0.3) is 0 Å². The standard InChI is InChI=1S/C18H14ClN5O2S/c1-26-10-6-7-13-11(8-10)16-17(21-13)22-18(24-23-16)27-9-15(25)20-14-5-3-2-4-12(14)19/h2-8H,9H2,1H3,(H,20,25)(H,21,22,24). The fourth-order valence-electron chi connectivity index (χ4n) is 2.60. The van der Waals surface area contributed by atoms with Gasteiger partial charge < -0.3 is 15.0 Å². The monoisotopic (exact) mass is 399 g/mol. The lowest BCUT2D eigenvalue weighted by Gasteiger charge is -2.06. The lowest BCUT2D eigenvalue weighted by Crippen LogP contribution is -2.14. The number of hydrogen-bond acceptors (Lipinski definition) is 6. The van der Waals surface area contributed by atoms with Crippen molar-refractivity contribution in [2.24, 2.45) is 0 Å². The van der Waals surface area contributed by atoms with Crippen molar-refractivity contribution >= 4 is 57.0 Å². The highest BCUT2D eigenvalue weighted by Gasteiger charge is 2.12. The van der Waals surface area contributed by atoms with Gasteiger partial charge in [0.2, 0.25) is 11.1 Å². The number of nitrogens with zero attached hydrogens (tertiary/aromatic N) is 3. The van der Waals surface area contributed by atoms with Gasteiger partial charge in [0, 0.05) is 10.9 Å². The van der Waals surface area contributed by atoms with Crippen molar-refractivity contribution in [1.82, 2.24) is 20.2 Å². The zero-order valence-corrected chi connectivity index (χ0v) is 15.8. The van der Waals surface area contributed by atoms with Crippen molar-refractivity contribution in [1.29, 1.82) is 0 Å². The van der Waals surface area contributed by atoms with Crippen molar-refractivity contribution in [3.05, 3.63) is 47.5 Å². The molecule has 0 fully saturated rings. The Morgan fingerprint density at radius 3 is 2.93 bits per heavy atom. The summed E-state index contributed by atoms with van der Waals surface area (Å²) in [6.07, 6.45) is 0. The normalized spacial score (nSPS) is 11.0. The minimum absolute atomic E-state index is 0.145. The number of benzene rings is 2. The Morgan fingerprint density at radius 2 is 2.11 bits per heavy atom. The number of thioether (sulfide) groups is 1. The van der Waals surface area contributed by atoms with E-state index in [0.717, 1.165) is 16.7 Å². The molecule has 0 radical (unpaired) electrons. The van der Waals surface area contributed by atoms with Crippen LogP contribution in [0.25, 0.3) is 22.1 Å². The van der Waals surface area contributed by atoms with Crippen LogP contribution >= 0.6 is 23.4 Å². The molecule has 2 aromatic heterocycles. The van der Waals surface area contributed by atoms with Crippen LogP contribution in [0.5, 0.6) is 5.75 Å². The molecule has 0 saturated heterocycles. The predicted molar refractivity (Wildman–Crippen MR) is 107 cm³/mol. The summed E-state index contributed by atoms with van der Waals surface area (Å²) in [6.45, 7) is 0. The number of amides is 1. The fourth-order valence-corrected chi connectivity index (χ4v) is 3.37. The van der Waals surface area contributed by atoms with E-state index < -0.39 is 0 Å². The van der Waals surface area contributed by atoms with E-state index in [9.17, 15) is 4.79 Å². The van der Waals surface area contributed by atoms with Gasteiger partial charge in [0.1, 0.15) is 11.3 Å². The summed E-state index contributed by atoms with van der Waals surface area (Å²) >= 11 is 7.24. The maximum atomic E-state index is 12.1. The predicted octanol–water partition coefficient (Wildman–Crippen LogP) is 3.90. The molecule has 0 bridgehead atoms. The molecule has 9 heteroatoms. The van der Waals surface area contributed by atoms with E-state index in [2.05, 4.69) is 25.5 Å². The van der Waals surface area contributed by atoms with Crippen LogP contribution in [0.2, 0.25) is 5.02 Å². The number of aromatic amines is 1. The molecule has 27 heavy (non-hydrogen) atoms. The van der Waals surface area contributed by atoms with Crippen LogP contribution in [0.3, 0.4) is 0 Å². The summed E-state index contributed by atoms with van der Waals surface area (Å²) < 4.78 is 5.25. The van der Waals surface area contributed by atoms with E-state index in [-0.39, 0.29) is 11.7 Å². The summed E-state index contributed by atoms with van der Waals surface area (Å²) in [5.74, 6) is 0.685. The fraction of sp³-hybridized carbons (Fsp3) is 0.111. The first-order chi connectivity index (χ1) is 13.1. The van der Waals surface area contributed by atoms with E-state index in [4.69, 9.17) is 16.3 Å². The van der Waals surface area contributed by atoms with Crippen LogP contribution in [-0.2, 0) is 4.79 Å². The smallest absolute Gasteiger partial charge is 0.234 e. The average Bonchev–Trinajstić information content (AvgIpc) is 3.05. The van der Waals surface area contributed by atoms with E-state index in [1.165, 1.54) is 11.8 Å². The minimum Gasteiger partial charge on any atom is -0.497 e. The van der Waals surface area contributed by atoms with Gasteiger partial charge in [-0.3, -0.25) is 4.79 Å². The number of para-hydroxylation sites is 1. The SMILES string of the molecule is COc1ccc2[nH]c3nc(SCC(=O)Nc4ccccc4Cl)nnc3c2c1. The second kappa shape index (κ2) is 7.42. The van der Waals surface area contributed by atoms with Gasteiger partial charge in [-0.1, -0.05) is 35.5 Å². The number of anilines is 1. The molecule has 1 amide bonds. The first-order valence-electron chi connectivity index (χ1n) is 8.01. The lowest BCUT2D eigenvalue weighted by atomic mass is 10.2. The molecule has 0 saturated carbocycles. The highest BCUT2D eigenvalue weighted by Crippen LogP contribution is 2.27. The molecule has 0 aliphatic heterocycles. The van der Waals surface area contributed by atoms with Crippen molar-refractivity contribution in [2.45, 2.75) is 5.16 Å². The number of ether oxygens (including phenoxy) is 1. The number of fused-ring (bicyclic) bond motifs is 3. The van der Waals surface area contributed by atoms with Crippen LogP contribution in [0, 0.1) is 0 Å². The van der Waals surface area contributed by atoms with E-state index in [0.29, 0.717) is 27.0 Å². The Kier molecular flexibility index (Phi) is 4.83. The topological polar surface area (TPSA) is 92.8 Å². The van der Waals surface area contributed by atoms with Crippen LogP contribution in [-0.4, -0.2) is 38.9 Å². The van der Waals surface area contributed by atoms with Gasteiger partial charge >= 0.3 is 0 Å². The van der Waals surface area contributed by atoms with E-state index in [1.807, 2.05) is 18.2 Å². The average molecular weight is 400 g/mol. The number of rotatable bonds is 5. The number of nitrogens with one attached hydrogen (secondary N) is 2. The number of H-pyrrole nitrogens is 1. The van der Waals surface area contributed by atoms with Crippen LogP contribution in [0.1, 0.15) is 0 Å². The Bertz CT molecular complexity index is 1150. The lowest BCUT2D eigenvalue weighted by molar-refractivity contribution is -0.113. The zero-order chi connectivity index (χ0) is 18.8. The molecule has 4 aromatic rings. The number of carbonyl (C=O) groups is 1. The maximum absolute atomic E-state index is 12.1. The quantitative estimate of drug-likeness (QED) is 0.494. The molecule has 7 nitrogen and oxygen atoms in total. The summed E-state index contributed by atoms with van der Waals surface area (Å²) in [5, 5.41) is 12.9. The molecule has 2 heterocycles. The van der Waals surface area contributed by atoms with Crippen molar-refractivity contribution in [2.75, 3.05) is 18.2 Å². The molecule has 136 valence electrons. The molecule has 2 aromatic carbocycles. The second-order valence-electron chi connectivity index (χ2n) is 5.64. The molecule has 0 aliphatic carbocycles. The van der Waals surface area contributed by atoms with Gasteiger partial charge in [-0.2, -0.15) is 0 Å². The van der Waals surface area contributed by atoms with Gasteiger partial charge in [-0.05, 0) is 30.3 Å². The maximum Gasteiger partial charge on any atom is 0.234 e. The number of methoxy groups -OCH3 is 1. The first kappa shape index (κ1) is 17.6. The molecular formula is C18H14ClN5O2S. The minimum atomic E-state index is -0.196. The van der Waals surface area contributed by atoms with Gasteiger partial charge in [0.15, 0.2) is 5.65 Å². The van der Waals surface area contributed by atoms with E-state index in [1.54, 1.807) is 31.4 Å². The molecular weight excluding hydrogens is 386 g/mol. The Balaban J connectivity index is 1.50. The van der Waals surface area contributed by atoms with Crippen molar-refractivity contribution in [3.8, 4) is 5.75 Å². The summed E-state index contributed by atoms with van der Waals surface area (Å²) in [7, 11) is 1.61. The Hall–Kier alpha value is -2.84. The molecule has 4 rings (SSSR count). The Morgan fingerprint density at radius 1 is 1.26 bits per heavy atom. The molecule has 2 N–H and O–H groups in total. The third-order valence-corrected chi connectivity index (χ3v) is 5.05. The highest BCUT2D eigenvalue weighted by atomic mass is 35.5. The van der Waals surface area contributed by atoms with Crippen LogP contribution in [0.15, 0.2) is 47.6 Å². The van der Waals surface area contributed by atoms with Gasteiger partial charge in [0.05, 0.1) is 23.6 Å². The second-order valence-corrected chi connectivity index (χ2v) is 6.99. The number of hydrogen-bond donors (Lipinski definition) is 2. The number of halogens is 1. The summed E-state index contributed by atoms with van der Waals surface area (Å²) in [4.78, 5) is 19.8. The van der Waals surface area contributed by atoms with Crippen LogP contribution in [0.4, 0.5) is 5.69 Å². The summed E-state index contributed by atoms with van der Waals surface area (Å²) in [6, 6.07) is 12.7. The number of carbonyl (C=O) groups excluding carboxylic acids is 1. The highest BCUT2D eigenvalue weighted by molar-refractivity contribution is 7.99. The van der Waals surface area contributed by atoms with Gasteiger partial charge in [-0.25, -0.2) is 4.98 Å². The third-order valence-electron chi connectivity index (χ3n) is 3.88. The largest absolute Gasteiger partial charge is 0.497 e. The summed E-state index contributed by atoms with van der Waals surface area (Å²) in [5.41, 5.74) is 2.74. The van der Waals surface area contributed by atoms with Crippen molar-refractivity contribution < 1.29 is 9.53 Å². The first-order valence-corrected chi connectivity index (χ1v) is 9.38. The van der Waals surface area contributed by atoms with Gasteiger partial charge in [-0.15, -0.1) is 10.2 Å². The molecule has 0 unspecified atom stereocenters. The number of aromatic nitrogens is 4. The van der Waals surface area contributed by atoms with Crippen LogP contribution < -0.4 is 10.1 Å². The van der Waals surface area contributed by atoms with Crippen molar-refractivity contribution in [3.63, 3.8) is 0 Å². The molecule has 0 spiro atoms. The van der Waals surface area contributed by atoms with E-state index >= 15 is 0 Å². The molecule has 0 aliphatic rings. The Labute approximate surface area is 163 Å².